The summed E-state index contributed by atoms with van der Waals surface area (Å²) in [6, 6.07) is 14.3. The quantitative estimate of drug-likeness (QED) is 0.676. The zero-order valence-corrected chi connectivity index (χ0v) is 16.9. The Hall–Kier alpha value is -3.54. The summed E-state index contributed by atoms with van der Waals surface area (Å²) in [5, 5.41) is 19.2. The second kappa shape index (κ2) is 7.83. The van der Waals surface area contributed by atoms with Crippen LogP contribution in [0.1, 0.15) is 39.8 Å². The van der Waals surface area contributed by atoms with Gasteiger partial charge in [-0.2, -0.15) is 0 Å². The highest BCUT2D eigenvalue weighted by atomic mass is 16.4. The lowest BCUT2D eigenvalue weighted by molar-refractivity contribution is -0.116. The number of carbonyl (C=O) groups is 2. The van der Waals surface area contributed by atoms with Crippen molar-refractivity contribution in [1.82, 2.24) is 4.57 Å². The Morgan fingerprint density at radius 2 is 1.76 bits per heavy atom. The molecule has 1 aromatic heterocycles. The summed E-state index contributed by atoms with van der Waals surface area (Å²) in [6.45, 7) is 7.82. The van der Waals surface area contributed by atoms with E-state index < -0.39 is 5.97 Å². The third kappa shape index (κ3) is 4.01. The fourth-order valence-corrected chi connectivity index (χ4v) is 3.58. The van der Waals surface area contributed by atoms with Crippen LogP contribution in [0.25, 0.3) is 5.69 Å². The standard InChI is InChI=1S/C23H24N2O4/c1-14-6-5-7-19(10-14)24(17(4)26)13-18-11-15(2)25(16(18)3)20-8-9-21(23(28)29)22(27)12-20/h5-12,27H,13H2,1-4H3,(H,28,29). The summed E-state index contributed by atoms with van der Waals surface area (Å²) in [5.74, 6) is -1.51. The summed E-state index contributed by atoms with van der Waals surface area (Å²) in [7, 11) is 0. The molecule has 0 bridgehead atoms. The van der Waals surface area contributed by atoms with E-state index >= 15 is 0 Å². The van der Waals surface area contributed by atoms with E-state index in [9.17, 15) is 14.7 Å². The number of anilines is 1. The van der Waals surface area contributed by atoms with Crippen LogP contribution in [0.2, 0.25) is 0 Å². The molecule has 1 amide bonds. The van der Waals surface area contributed by atoms with Crippen LogP contribution in [0, 0.1) is 20.8 Å². The number of carbonyl (C=O) groups excluding carboxylic acids is 1. The average Bonchev–Trinajstić information content (AvgIpc) is 2.92. The molecule has 6 heteroatoms. The number of aromatic nitrogens is 1. The first-order valence-corrected chi connectivity index (χ1v) is 9.28. The molecule has 2 aromatic carbocycles. The van der Waals surface area contributed by atoms with Crippen LogP contribution in [0.3, 0.4) is 0 Å². The van der Waals surface area contributed by atoms with E-state index in [1.54, 1.807) is 17.9 Å². The van der Waals surface area contributed by atoms with Gasteiger partial charge >= 0.3 is 5.97 Å². The molecule has 1 heterocycles. The van der Waals surface area contributed by atoms with Gasteiger partial charge in [0.15, 0.2) is 0 Å². The van der Waals surface area contributed by atoms with Crippen LogP contribution < -0.4 is 4.90 Å². The zero-order chi connectivity index (χ0) is 21.3. The fourth-order valence-electron chi connectivity index (χ4n) is 3.58. The lowest BCUT2D eigenvalue weighted by Crippen LogP contribution is -2.28. The van der Waals surface area contributed by atoms with Crippen LogP contribution in [0.4, 0.5) is 5.69 Å². The summed E-state index contributed by atoms with van der Waals surface area (Å²) in [5.41, 5.74) is 5.26. The number of carboxylic acids is 1. The number of hydrogen-bond acceptors (Lipinski definition) is 3. The predicted molar refractivity (Wildman–Crippen MR) is 112 cm³/mol. The Labute approximate surface area is 169 Å². The first kappa shape index (κ1) is 20.2. The van der Waals surface area contributed by atoms with Gasteiger partial charge in [0.25, 0.3) is 0 Å². The van der Waals surface area contributed by atoms with Gasteiger partial charge in [-0.25, -0.2) is 4.79 Å². The molecule has 0 fully saturated rings. The maximum Gasteiger partial charge on any atom is 0.339 e. The highest BCUT2D eigenvalue weighted by Gasteiger charge is 2.18. The van der Waals surface area contributed by atoms with E-state index in [1.807, 2.05) is 55.7 Å². The van der Waals surface area contributed by atoms with Crippen LogP contribution in [-0.4, -0.2) is 26.7 Å². The number of hydrogen-bond donors (Lipinski definition) is 2. The number of carboxylic acid groups (broad SMARTS) is 1. The molecular weight excluding hydrogens is 368 g/mol. The summed E-state index contributed by atoms with van der Waals surface area (Å²) < 4.78 is 1.94. The minimum atomic E-state index is -1.18. The first-order valence-electron chi connectivity index (χ1n) is 9.28. The van der Waals surface area contributed by atoms with Crippen molar-refractivity contribution >= 4 is 17.6 Å². The molecule has 6 nitrogen and oxygen atoms in total. The van der Waals surface area contributed by atoms with Gasteiger partial charge in [0.05, 0.1) is 6.54 Å². The molecule has 0 unspecified atom stereocenters. The van der Waals surface area contributed by atoms with Gasteiger partial charge in [-0.15, -0.1) is 0 Å². The Balaban J connectivity index is 2.00. The molecule has 3 rings (SSSR count). The minimum absolute atomic E-state index is 0.0520. The molecule has 0 atom stereocenters. The van der Waals surface area contributed by atoms with Gasteiger partial charge in [0, 0.05) is 35.8 Å². The minimum Gasteiger partial charge on any atom is -0.507 e. The van der Waals surface area contributed by atoms with Crippen molar-refractivity contribution in [2.24, 2.45) is 0 Å². The molecule has 29 heavy (non-hydrogen) atoms. The molecule has 150 valence electrons. The Bertz CT molecular complexity index is 1100. The summed E-state index contributed by atoms with van der Waals surface area (Å²) >= 11 is 0. The smallest absolute Gasteiger partial charge is 0.339 e. The second-order valence-electron chi connectivity index (χ2n) is 7.18. The number of aryl methyl sites for hydroxylation is 2. The van der Waals surface area contributed by atoms with Crippen molar-refractivity contribution in [1.29, 1.82) is 0 Å². The number of phenols is 1. The van der Waals surface area contributed by atoms with E-state index in [2.05, 4.69) is 0 Å². The molecule has 2 N–H and O–H groups in total. The van der Waals surface area contributed by atoms with Crippen molar-refractivity contribution in [2.75, 3.05) is 4.90 Å². The summed E-state index contributed by atoms with van der Waals surface area (Å²) in [4.78, 5) is 25.2. The predicted octanol–water partition coefficient (Wildman–Crippen LogP) is 4.36. The number of benzene rings is 2. The third-order valence-electron chi connectivity index (χ3n) is 5.03. The van der Waals surface area contributed by atoms with Crippen molar-refractivity contribution < 1.29 is 19.8 Å². The highest BCUT2D eigenvalue weighted by Crippen LogP contribution is 2.28. The maximum absolute atomic E-state index is 12.3. The molecule has 0 spiro atoms. The molecule has 0 saturated carbocycles. The van der Waals surface area contributed by atoms with E-state index in [-0.39, 0.29) is 17.2 Å². The summed E-state index contributed by atoms with van der Waals surface area (Å²) in [6.07, 6.45) is 0. The molecule has 0 aliphatic rings. The topological polar surface area (TPSA) is 82.8 Å². The SMILES string of the molecule is CC(=O)N(Cc1cc(C)n(-c2ccc(C(=O)O)c(O)c2)c1C)c1cccc(C)c1. The van der Waals surface area contributed by atoms with E-state index in [4.69, 9.17) is 5.11 Å². The Morgan fingerprint density at radius 3 is 2.34 bits per heavy atom. The Morgan fingerprint density at radius 1 is 1.03 bits per heavy atom. The van der Waals surface area contributed by atoms with Gasteiger partial charge in [-0.1, -0.05) is 12.1 Å². The molecule has 0 radical (unpaired) electrons. The van der Waals surface area contributed by atoms with Crippen LogP contribution in [-0.2, 0) is 11.3 Å². The van der Waals surface area contributed by atoms with Gasteiger partial charge in [0.1, 0.15) is 11.3 Å². The van der Waals surface area contributed by atoms with Crippen molar-refractivity contribution in [3.8, 4) is 11.4 Å². The van der Waals surface area contributed by atoms with E-state index in [1.165, 1.54) is 12.1 Å². The van der Waals surface area contributed by atoms with Crippen molar-refractivity contribution in [3.63, 3.8) is 0 Å². The largest absolute Gasteiger partial charge is 0.507 e. The van der Waals surface area contributed by atoms with Gasteiger partial charge in [0.2, 0.25) is 5.91 Å². The van der Waals surface area contributed by atoms with Crippen molar-refractivity contribution in [2.45, 2.75) is 34.2 Å². The van der Waals surface area contributed by atoms with Gasteiger partial charge in [-0.05, 0) is 62.2 Å². The lowest BCUT2D eigenvalue weighted by atomic mass is 10.1. The lowest BCUT2D eigenvalue weighted by Gasteiger charge is -2.22. The second-order valence-corrected chi connectivity index (χ2v) is 7.18. The monoisotopic (exact) mass is 392 g/mol. The number of aromatic carboxylic acids is 1. The third-order valence-corrected chi connectivity index (χ3v) is 5.03. The first-order chi connectivity index (χ1) is 13.7. The van der Waals surface area contributed by atoms with Crippen LogP contribution >= 0.6 is 0 Å². The van der Waals surface area contributed by atoms with Crippen LogP contribution in [0.15, 0.2) is 48.5 Å². The Kier molecular flexibility index (Phi) is 5.46. The maximum atomic E-state index is 12.3. The van der Waals surface area contributed by atoms with Gasteiger partial charge < -0.3 is 19.7 Å². The molecular formula is C23H24N2O4. The highest BCUT2D eigenvalue weighted by molar-refractivity contribution is 5.92. The fraction of sp³-hybridized carbons (Fsp3) is 0.217. The number of aromatic hydroxyl groups is 1. The van der Waals surface area contributed by atoms with E-state index in [0.29, 0.717) is 12.2 Å². The molecule has 0 aliphatic carbocycles. The molecule has 0 saturated heterocycles. The average molecular weight is 392 g/mol. The number of nitrogens with zero attached hydrogens (tertiary/aromatic N) is 2. The van der Waals surface area contributed by atoms with Gasteiger partial charge in [-0.3, -0.25) is 4.79 Å². The van der Waals surface area contributed by atoms with Crippen LogP contribution in [0.5, 0.6) is 5.75 Å². The van der Waals surface area contributed by atoms with E-state index in [0.717, 1.165) is 28.2 Å². The normalized spacial score (nSPS) is 10.8. The molecule has 0 aliphatic heterocycles. The molecule has 3 aromatic rings. The van der Waals surface area contributed by atoms with Crippen molar-refractivity contribution in [3.05, 3.63) is 76.6 Å². The zero-order valence-electron chi connectivity index (χ0n) is 16.9. The number of amides is 1. The number of rotatable bonds is 5.